The zero-order valence-corrected chi connectivity index (χ0v) is 11.5. The minimum absolute atomic E-state index is 0.00259. The predicted molar refractivity (Wildman–Crippen MR) is 73.8 cm³/mol. The number of hydrogen-bond donors (Lipinski definition) is 1. The Morgan fingerprint density at radius 2 is 1.89 bits per heavy atom. The van der Waals surface area contributed by atoms with E-state index in [-0.39, 0.29) is 11.9 Å². The Labute approximate surface area is 110 Å². The van der Waals surface area contributed by atoms with Gasteiger partial charge in [-0.3, -0.25) is 0 Å². The molecule has 0 spiro atoms. The van der Waals surface area contributed by atoms with Gasteiger partial charge in [0.15, 0.2) is 0 Å². The van der Waals surface area contributed by atoms with Crippen molar-refractivity contribution in [2.45, 2.75) is 52.0 Å². The summed E-state index contributed by atoms with van der Waals surface area (Å²) in [5, 5.41) is 0. The van der Waals surface area contributed by atoms with E-state index < -0.39 is 0 Å². The Hall–Kier alpha value is -0.890. The second kappa shape index (κ2) is 5.83. The molecule has 1 saturated carbocycles. The van der Waals surface area contributed by atoms with E-state index in [1.54, 1.807) is 12.1 Å². The van der Waals surface area contributed by atoms with Crippen molar-refractivity contribution in [3.63, 3.8) is 0 Å². The number of rotatable bonds is 3. The number of aryl methyl sites for hydroxylation is 1. The SMILES string of the molecule is CCC1CCC(C(N)c2cc(C)cc(F)c2)CC1. The van der Waals surface area contributed by atoms with Crippen molar-refractivity contribution in [2.24, 2.45) is 17.6 Å². The molecule has 0 saturated heterocycles. The van der Waals surface area contributed by atoms with Crippen LogP contribution in [0.5, 0.6) is 0 Å². The standard InChI is InChI=1S/C16H24FN/c1-3-12-4-6-13(7-5-12)16(18)14-8-11(2)9-15(17)10-14/h8-10,12-13,16H,3-7,18H2,1-2H3. The zero-order chi connectivity index (χ0) is 13.1. The second-order valence-electron chi connectivity index (χ2n) is 5.78. The minimum atomic E-state index is -0.164. The predicted octanol–water partition coefficient (Wildman–Crippen LogP) is 4.35. The summed E-state index contributed by atoms with van der Waals surface area (Å²) in [5.41, 5.74) is 8.25. The van der Waals surface area contributed by atoms with Gasteiger partial charge >= 0.3 is 0 Å². The molecular formula is C16H24FN. The highest BCUT2D eigenvalue weighted by atomic mass is 19.1. The lowest BCUT2D eigenvalue weighted by atomic mass is 9.76. The highest BCUT2D eigenvalue weighted by molar-refractivity contribution is 5.26. The molecule has 1 aliphatic carbocycles. The number of nitrogens with two attached hydrogens (primary N) is 1. The third-order valence-corrected chi connectivity index (χ3v) is 4.43. The molecule has 1 aromatic rings. The number of benzene rings is 1. The lowest BCUT2D eigenvalue weighted by Crippen LogP contribution is -2.26. The van der Waals surface area contributed by atoms with E-state index in [0.29, 0.717) is 5.92 Å². The van der Waals surface area contributed by atoms with Gasteiger partial charge in [0.1, 0.15) is 5.82 Å². The molecule has 1 aromatic carbocycles. The molecule has 0 bridgehead atoms. The molecule has 0 amide bonds. The fourth-order valence-corrected chi connectivity index (χ4v) is 3.18. The number of halogens is 1. The Bertz CT molecular complexity index is 374. The van der Waals surface area contributed by atoms with E-state index in [2.05, 4.69) is 6.92 Å². The number of hydrogen-bond acceptors (Lipinski definition) is 1. The molecule has 100 valence electrons. The quantitative estimate of drug-likeness (QED) is 0.846. The Morgan fingerprint density at radius 3 is 2.44 bits per heavy atom. The van der Waals surface area contributed by atoms with Gasteiger partial charge in [0.05, 0.1) is 0 Å². The van der Waals surface area contributed by atoms with Gasteiger partial charge in [0.25, 0.3) is 0 Å². The van der Waals surface area contributed by atoms with Gasteiger partial charge in [-0.2, -0.15) is 0 Å². The van der Waals surface area contributed by atoms with Crippen LogP contribution in [0.25, 0.3) is 0 Å². The first-order valence-electron chi connectivity index (χ1n) is 7.12. The molecule has 0 aromatic heterocycles. The monoisotopic (exact) mass is 249 g/mol. The molecule has 1 unspecified atom stereocenters. The van der Waals surface area contributed by atoms with E-state index in [4.69, 9.17) is 5.73 Å². The van der Waals surface area contributed by atoms with Gasteiger partial charge in [0.2, 0.25) is 0 Å². The van der Waals surface area contributed by atoms with Crippen LogP contribution < -0.4 is 5.73 Å². The van der Waals surface area contributed by atoms with E-state index in [9.17, 15) is 4.39 Å². The van der Waals surface area contributed by atoms with E-state index in [0.717, 1.165) is 17.0 Å². The van der Waals surface area contributed by atoms with Crippen LogP contribution >= 0.6 is 0 Å². The third kappa shape index (κ3) is 3.11. The maximum absolute atomic E-state index is 13.4. The summed E-state index contributed by atoms with van der Waals surface area (Å²) in [4.78, 5) is 0. The van der Waals surface area contributed by atoms with Crippen LogP contribution in [0.4, 0.5) is 4.39 Å². The molecule has 1 atom stereocenters. The molecule has 2 heteroatoms. The smallest absolute Gasteiger partial charge is 0.123 e. The first-order valence-corrected chi connectivity index (χ1v) is 7.12. The van der Waals surface area contributed by atoms with Gasteiger partial charge in [-0.1, -0.05) is 32.3 Å². The Kier molecular flexibility index (Phi) is 4.39. The van der Waals surface area contributed by atoms with E-state index in [1.165, 1.54) is 32.1 Å². The lowest BCUT2D eigenvalue weighted by Gasteiger charge is -2.32. The fourth-order valence-electron chi connectivity index (χ4n) is 3.18. The average molecular weight is 249 g/mol. The second-order valence-corrected chi connectivity index (χ2v) is 5.78. The van der Waals surface area contributed by atoms with Gasteiger partial charge < -0.3 is 5.73 Å². The molecule has 0 radical (unpaired) electrons. The summed E-state index contributed by atoms with van der Waals surface area (Å²) >= 11 is 0. The van der Waals surface area contributed by atoms with Gasteiger partial charge in [0, 0.05) is 6.04 Å². The Morgan fingerprint density at radius 1 is 1.22 bits per heavy atom. The fraction of sp³-hybridized carbons (Fsp3) is 0.625. The van der Waals surface area contributed by atoms with Crippen LogP contribution in [-0.2, 0) is 0 Å². The van der Waals surface area contributed by atoms with Crippen molar-refractivity contribution in [2.75, 3.05) is 0 Å². The summed E-state index contributed by atoms with van der Waals surface area (Å²) in [6, 6.07) is 5.19. The van der Waals surface area contributed by atoms with Crippen LogP contribution in [0.1, 0.15) is 56.2 Å². The first-order chi connectivity index (χ1) is 8.60. The first kappa shape index (κ1) is 13.5. The van der Waals surface area contributed by atoms with Crippen LogP contribution in [0, 0.1) is 24.6 Å². The van der Waals surface area contributed by atoms with E-state index in [1.807, 2.05) is 13.0 Å². The van der Waals surface area contributed by atoms with Crippen LogP contribution in [0.15, 0.2) is 18.2 Å². The maximum Gasteiger partial charge on any atom is 0.123 e. The van der Waals surface area contributed by atoms with Gasteiger partial charge in [-0.15, -0.1) is 0 Å². The largest absolute Gasteiger partial charge is 0.324 e. The summed E-state index contributed by atoms with van der Waals surface area (Å²) in [7, 11) is 0. The van der Waals surface area contributed by atoms with Crippen molar-refractivity contribution in [1.29, 1.82) is 0 Å². The normalized spacial score (nSPS) is 26.0. The van der Waals surface area contributed by atoms with Crippen molar-refractivity contribution in [1.82, 2.24) is 0 Å². The van der Waals surface area contributed by atoms with Crippen molar-refractivity contribution in [3.8, 4) is 0 Å². The minimum Gasteiger partial charge on any atom is -0.324 e. The molecule has 2 rings (SSSR count). The highest BCUT2D eigenvalue weighted by Gasteiger charge is 2.25. The van der Waals surface area contributed by atoms with Crippen molar-refractivity contribution in [3.05, 3.63) is 35.1 Å². The molecular weight excluding hydrogens is 225 g/mol. The maximum atomic E-state index is 13.4. The summed E-state index contributed by atoms with van der Waals surface area (Å²) < 4.78 is 13.4. The summed E-state index contributed by atoms with van der Waals surface area (Å²) in [6.07, 6.45) is 6.22. The van der Waals surface area contributed by atoms with Crippen LogP contribution in [0.2, 0.25) is 0 Å². The highest BCUT2D eigenvalue weighted by Crippen LogP contribution is 2.37. The summed E-state index contributed by atoms with van der Waals surface area (Å²) in [6.45, 7) is 4.19. The topological polar surface area (TPSA) is 26.0 Å². The molecule has 0 aliphatic heterocycles. The van der Waals surface area contributed by atoms with Crippen LogP contribution in [0.3, 0.4) is 0 Å². The van der Waals surface area contributed by atoms with E-state index >= 15 is 0 Å². The zero-order valence-electron chi connectivity index (χ0n) is 11.5. The Balaban J connectivity index is 2.05. The molecule has 2 N–H and O–H groups in total. The lowest BCUT2D eigenvalue weighted by molar-refractivity contribution is 0.239. The molecule has 0 heterocycles. The van der Waals surface area contributed by atoms with Gasteiger partial charge in [-0.25, -0.2) is 4.39 Å². The average Bonchev–Trinajstić information content (AvgIpc) is 2.37. The van der Waals surface area contributed by atoms with Crippen LogP contribution in [-0.4, -0.2) is 0 Å². The van der Waals surface area contributed by atoms with Crippen molar-refractivity contribution >= 4 is 0 Å². The summed E-state index contributed by atoms with van der Waals surface area (Å²) in [5.74, 6) is 1.24. The molecule has 1 aliphatic rings. The molecule has 1 fully saturated rings. The van der Waals surface area contributed by atoms with Crippen molar-refractivity contribution < 1.29 is 4.39 Å². The van der Waals surface area contributed by atoms with Gasteiger partial charge in [-0.05, 0) is 54.9 Å². The third-order valence-electron chi connectivity index (χ3n) is 4.43. The molecule has 1 nitrogen and oxygen atoms in total. The molecule has 18 heavy (non-hydrogen) atoms.